The fourth-order valence-corrected chi connectivity index (χ4v) is 3.51. The zero-order valence-electron chi connectivity index (χ0n) is 18.5. The Morgan fingerprint density at radius 2 is 2.09 bits per heavy atom. The zero-order valence-corrected chi connectivity index (χ0v) is 18.5. The number of amides is 2. The highest BCUT2D eigenvalue weighted by atomic mass is 19.3. The van der Waals surface area contributed by atoms with Crippen molar-refractivity contribution in [3.63, 3.8) is 0 Å². The Labute approximate surface area is 196 Å². The maximum Gasteiger partial charge on any atom is 0.340 e. The number of anilines is 1. The largest absolute Gasteiger partial charge is 0.485 e. The van der Waals surface area contributed by atoms with Crippen molar-refractivity contribution in [1.29, 1.82) is 0 Å². The molecule has 9 nitrogen and oxygen atoms in total. The van der Waals surface area contributed by atoms with Gasteiger partial charge in [0.1, 0.15) is 11.6 Å². The van der Waals surface area contributed by atoms with E-state index >= 15 is 0 Å². The van der Waals surface area contributed by atoms with E-state index < -0.39 is 30.9 Å². The molecule has 35 heavy (non-hydrogen) atoms. The number of hydrogen-bond donors (Lipinski definition) is 1. The summed E-state index contributed by atoms with van der Waals surface area (Å²) in [7, 11) is 0. The molecule has 1 atom stereocenters. The number of carbonyl (C=O) groups is 2. The van der Waals surface area contributed by atoms with Crippen molar-refractivity contribution in [2.75, 3.05) is 11.9 Å². The van der Waals surface area contributed by atoms with E-state index in [0.717, 1.165) is 12.6 Å². The molecule has 13 heteroatoms. The molecule has 0 saturated heterocycles. The molecular weight excluding hydrogens is 474 g/mol. The van der Waals surface area contributed by atoms with E-state index in [1.807, 2.05) is 0 Å². The fourth-order valence-electron chi connectivity index (χ4n) is 3.51. The number of fused-ring (bicyclic) bond motifs is 1. The van der Waals surface area contributed by atoms with E-state index in [4.69, 9.17) is 9.15 Å². The number of nitrogens with one attached hydrogen (secondary N) is 1. The summed E-state index contributed by atoms with van der Waals surface area (Å²) in [6.07, 6.45) is 1.05. The molecule has 1 unspecified atom stereocenters. The molecule has 1 N–H and O–H groups in total. The Kier molecular flexibility index (Phi) is 6.41. The Bertz CT molecular complexity index is 1250. The summed E-state index contributed by atoms with van der Waals surface area (Å²) in [5.41, 5.74) is 1.67. The Morgan fingerprint density at radius 1 is 1.31 bits per heavy atom. The predicted octanol–water partition coefficient (Wildman–Crippen LogP) is 4.02. The van der Waals surface area contributed by atoms with E-state index in [-0.39, 0.29) is 29.8 Å². The van der Waals surface area contributed by atoms with Crippen LogP contribution in [0.4, 0.5) is 23.4 Å². The van der Waals surface area contributed by atoms with E-state index in [2.05, 4.69) is 20.3 Å². The number of halogens is 4. The quantitative estimate of drug-likeness (QED) is 0.472. The SMILES string of the molecule is Cc1cc(C(C)N2Cc3c(ccnc3NC(=O)c3cnco3)C2=O)ncc1OCC(F)(F)C(F)F. The number of aromatic nitrogens is 3. The van der Waals surface area contributed by atoms with Crippen LogP contribution in [0.1, 0.15) is 50.7 Å². The maximum absolute atomic E-state index is 13.2. The van der Waals surface area contributed by atoms with Crippen LogP contribution in [0.3, 0.4) is 0 Å². The molecule has 2 amide bonds. The topological polar surface area (TPSA) is 110 Å². The van der Waals surface area contributed by atoms with E-state index in [1.54, 1.807) is 13.8 Å². The minimum Gasteiger partial charge on any atom is -0.485 e. The van der Waals surface area contributed by atoms with Crippen LogP contribution < -0.4 is 10.1 Å². The molecule has 3 aromatic rings. The highest BCUT2D eigenvalue weighted by Crippen LogP contribution is 2.34. The third-order valence-electron chi connectivity index (χ3n) is 5.48. The van der Waals surface area contributed by atoms with Crippen LogP contribution in [0.5, 0.6) is 5.75 Å². The first-order valence-corrected chi connectivity index (χ1v) is 10.3. The Hall–Kier alpha value is -4.03. The van der Waals surface area contributed by atoms with Crippen molar-refractivity contribution in [1.82, 2.24) is 19.9 Å². The van der Waals surface area contributed by atoms with Crippen LogP contribution in [-0.4, -0.2) is 50.6 Å². The average Bonchev–Trinajstić information content (AvgIpc) is 3.47. The molecule has 0 bridgehead atoms. The van der Waals surface area contributed by atoms with Gasteiger partial charge in [-0.25, -0.2) is 18.7 Å². The van der Waals surface area contributed by atoms with Gasteiger partial charge in [-0.1, -0.05) is 0 Å². The summed E-state index contributed by atoms with van der Waals surface area (Å²) in [5, 5.41) is 2.61. The predicted molar refractivity (Wildman–Crippen MR) is 112 cm³/mol. The molecule has 0 aromatic carbocycles. The first kappa shape index (κ1) is 24.1. The maximum atomic E-state index is 13.2. The monoisotopic (exact) mass is 493 g/mol. The van der Waals surface area contributed by atoms with Crippen molar-refractivity contribution in [3.05, 3.63) is 65.3 Å². The summed E-state index contributed by atoms with van der Waals surface area (Å²) in [6, 6.07) is 2.51. The third-order valence-corrected chi connectivity index (χ3v) is 5.48. The second-order valence-corrected chi connectivity index (χ2v) is 7.84. The van der Waals surface area contributed by atoms with Crippen LogP contribution in [0.2, 0.25) is 0 Å². The molecule has 4 heterocycles. The molecule has 0 radical (unpaired) electrons. The number of nitrogens with zero attached hydrogens (tertiary/aromatic N) is 4. The lowest BCUT2D eigenvalue weighted by Crippen LogP contribution is -2.34. The van der Waals surface area contributed by atoms with Crippen molar-refractivity contribution >= 4 is 17.6 Å². The average molecular weight is 493 g/mol. The number of rotatable bonds is 8. The summed E-state index contributed by atoms with van der Waals surface area (Å²) in [6.45, 7) is 1.90. The van der Waals surface area contributed by atoms with E-state index in [9.17, 15) is 27.2 Å². The van der Waals surface area contributed by atoms with Gasteiger partial charge in [0.15, 0.2) is 13.0 Å². The van der Waals surface area contributed by atoms with Gasteiger partial charge >= 0.3 is 12.3 Å². The number of carbonyl (C=O) groups excluding carboxylic acids is 2. The van der Waals surface area contributed by atoms with Gasteiger partial charge in [-0.05, 0) is 31.5 Å². The van der Waals surface area contributed by atoms with Crippen LogP contribution >= 0.6 is 0 Å². The van der Waals surface area contributed by atoms with E-state index in [1.165, 1.54) is 29.4 Å². The van der Waals surface area contributed by atoms with Gasteiger partial charge in [0, 0.05) is 17.3 Å². The number of aryl methyl sites for hydroxylation is 1. The second kappa shape index (κ2) is 9.31. The first-order chi connectivity index (χ1) is 16.6. The summed E-state index contributed by atoms with van der Waals surface area (Å²) >= 11 is 0. The molecule has 0 spiro atoms. The van der Waals surface area contributed by atoms with E-state index in [0.29, 0.717) is 22.4 Å². The zero-order chi connectivity index (χ0) is 25.3. The van der Waals surface area contributed by atoms with Gasteiger partial charge in [-0.15, -0.1) is 0 Å². The molecular formula is C22H19F4N5O4. The molecule has 1 aliphatic heterocycles. The number of hydrogen-bond acceptors (Lipinski definition) is 7. The van der Waals surface area contributed by atoms with Gasteiger partial charge in [0.2, 0.25) is 5.76 Å². The van der Waals surface area contributed by atoms with Crippen LogP contribution in [-0.2, 0) is 6.54 Å². The van der Waals surface area contributed by atoms with Gasteiger partial charge in [-0.3, -0.25) is 14.6 Å². The number of pyridine rings is 2. The minimum atomic E-state index is -4.29. The third kappa shape index (κ3) is 4.79. The molecule has 4 rings (SSSR count). The molecule has 184 valence electrons. The molecule has 3 aromatic heterocycles. The Morgan fingerprint density at radius 3 is 2.74 bits per heavy atom. The lowest BCUT2D eigenvalue weighted by atomic mass is 10.1. The minimum absolute atomic E-state index is 0.0211. The summed E-state index contributed by atoms with van der Waals surface area (Å²) in [5.74, 6) is -5.08. The van der Waals surface area contributed by atoms with Crippen molar-refractivity contribution in [3.8, 4) is 5.75 Å². The smallest absolute Gasteiger partial charge is 0.340 e. The van der Waals surface area contributed by atoms with Crippen LogP contribution in [0.15, 0.2) is 41.5 Å². The van der Waals surface area contributed by atoms with Crippen LogP contribution in [0, 0.1) is 6.92 Å². The van der Waals surface area contributed by atoms with Gasteiger partial charge < -0.3 is 19.4 Å². The Balaban J connectivity index is 1.50. The van der Waals surface area contributed by atoms with Crippen LogP contribution in [0.25, 0.3) is 0 Å². The molecule has 1 aliphatic rings. The van der Waals surface area contributed by atoms with Gasteiger partial charge in [0.05, 0.1) is 30.7 Å². The normalized spacial score (nSPS) is 14.3. The standard InChI is InChI=1S/C22H19F4N5O4/c1-11-5-15(29-7-16(11)34-9-22(25,26)21(23)24)12(2)31-8-14-13(20(31)33)3-4-28-18(14)30-19(32)17-6-27-10-35-17/h3-7,10,12,21H,8-9H2,1-2H3,(H,28,30,32). The van der Waals surface area contributed by atoms with Gasteiger partial charge in [0.25, 0.3) is 11.8 Å². The van der Waals surface area contributed by atoms with Crippen molar-refractivity contribution in [2.24, 2.45) is 0 Å². The fraction of sp³-hybridized carbons (Fsp3) is 0.318. The van der Waals surface area contributed by atoms with Crippen molar-refractivity contribution < 1.29 is 36.3 Å². The lowest BCUT2D eigenvalue weighted by molar-refractivity contribution is -0.148. The molecule has 0 fully saturated rings. The number of oxazole rings is 1. The first-order valence-electron chi connectivity index (χ1n) is 10.3. The number of ether oxygens (including phenoxy) is 1. The highest BCUT2D eigenvalue weighted by Gasteiger charge is 2.42. The molecule has 0 saturated carbocycles. The summed E-state index contributed by atoms with van der Waals surface area (Å²) in [4.78, 5) is 38.9. The van der Waals surface area contributed by atoms with Gasteiger partial charge in [-0.2, -0.15) is 8.78 Å². The lowest BCUT2D eigenvalue weighted by Gasteiger charge is -2.24. The number of alkyl halides is 4. The second-order valence-electron chi connectivity index (χ2n) is 7.84. The summed E-state index contributed by atoms with van der Waals surface area (Å²) < 4.78 is 60.9. The highest BCUT2D eigenvalue weighted by molar-refractivity contribution is 6.05. The molecule has 0 aliphatic carbocycles. The van der Waals surface area contributed by atoms with Crippen molar-refractivity contribution in [2.45, 2.75) is 38.8 Å².